The van der Waals surface area contributed by atoms with Gasteiger partial charge in [0, 0.05) is 18.4 Å². The van der Waals surface area contributed by atoms with Crippen LogP contribution in [0.5, 0.6) is 5.75 Å². The van der Waals surface area contributed by atoms with Gasteiger partial charge in [0.1, 0.15) is 49.5 Å². The summed E-state index contributed by atoms with van der Waals surface area (Å²) in [6, 6.07) is 8.99. The van der Waals surface area contributed by atoms with Crippen molar-refractivity contribution in [1.82, 2.24) is 4.98 Å². The van der Waals surface area contributed by atoms with Gasteiger partial charge in [-0.1, -0.05) is 49.4 Å². The normalized spacial score (nSPS) is 27.7. The third-order valence-corrected chi connectivity index (χ3v) is 12.8. The van der Waals surface area contributed by atoms with E-state index in [1.165, 1.54) is 43.4 Å². The lowest BCUT2D eigenvalue weighted by atomic mass is 9.71. The molecule has 66 heavy (non-hydrogen) atoms. The molecule has 3 heterocycles. The number of nitro groups is 1. The number of rotatable bonds is 12. The van der Waals surface area contributed by atoms with Crippen LogP contribution in [0.3, 0.4) is 0 Å². The number of thiazole rings is 1. The Morgan fingerprint density at radius 3 is 2.45 bits per heavy atom. The molecular formula is C47H58N2O16S. The number of allylic oxidation sites excluding steroid dienone is 2. The zero-order valence-electron chi connectivity index (χ0n) is 37.5. The Morgan fingerprint density at radius 2 is 1.76 bits per heavy atom. The second-order valence-corrected chi connectivity index (χ2v) is 18.4. The molecule has 1 saturated heterocycles. The number of fused-ring (bicyclic) bond motifs is 1. The van der Waals surface area contributed by atoms with Gasteiger partial charge in [-0.25, -0.2) is 14.6 Å². The van der Waals surface area contributed by atoms with Gasteiger partial charge in [0.25, 0.3) is 0 Å². The van der Waals surface area contributed by atoms with Crippen molar-refractivity contribution < 1.29 is 72.9 Å². The Labute approximate surface area is 386 Å². The number of hydrogen-bond donors (Lipinski definition) is 4. The molecule has 0 unspecified atom stereocenters. The summed E-state index contributed by atoms with van der Waals surface area (Å²) in [5.41, 5.74) is 0.230. The fourth-order valence-corrected chi connectivity index (χ4v) is 8.70. The highest BCUT2D eigenvalue weighted by molar-refractivity contribution is 7.18. The lowest BCUT2D eigenvalue weighted by Crippen LogP contribution is -2.61. The van der Waals surface area contributed by atoms with E-state index in [-0.39, 0.29) is 24.5 Å². The van der Waals surface area contributed by atoms with Crippen molar-refractivity contribution in [3.05, 3.63) is 99.6 Å². The van der Waals surface area contributed by atoms with Gasteiger partial charge in [-0.3, -0.25) is 19.7 Å². The smallest absolute Gasteiger partial charge is 0.459 e. The van der Waals surface area contributed by atoms with Crippen LogP contribution in [0, 0.1) is 34.3 Å². The number of nitro benzene ring substituents is 1. The highest BCUT2D eigenvalue weighted by Crippen LogP contribution is 2.38. The number of cyclic esters (lactones) is 1. The molecule has 19 heteroatoms. The van der Waals surface area contributed by atoms with Crippen molar-refractivity contribution in [3.63, 3.8) is 0 Å². The topological polar surface area (TPSA) is 261 Å². The zero-order chi connectivity index (χ0) is 48.5. The summed E-state index contributed by atoms with van der Waals surface area (Å²) in [4.78, 5) is 70.4. The molecule has 2 aliphatic heterocycles. The molecular weight excluding hydrogens is 881 g/mol. The SMILES string of the molecule is C=CCOC(=O)[C@H]1O[C@@H](Oc2ccc(COC(=O)O[C@H]3CC(=O)O[C@H](c4ccc5sc(C)nc5c4)CC=C(C)CCC[C@H](C)[C@H](O)[C@@H](CC=C)C(=O)C3(C)C)cc2[N+](=O)[O-])[C@H](O)[C@@H](O)[C@@H]1O. The largest absolute Gasteiger partial charge is 0.508 e. The molecule has 0 spiro atoms. The monoisotopic (exact) mass is 938 g/mol. The van der Waals surface area contributed by atoms with E-state index in [4.69, 9.17) is 28.4 Å². The van der Waals surface area contributed by atoms with E-state index in [0.29, 0.717) is 18.4 Å². The zero-order valence-corrected chi connectivity index (χ0v) is 38.3. The minimum absolute atomic E-state index is 0.0480. The number of aryl methyl sites for hydroxylation is 1. The number of aromatic nitrogens is 1. The number of carbonyl (C=O) groups excluding carboxylic acids is 4. The predicted octanol–water partition coefficient (Wildman–Crippen LogP) is 6.43. The summed E-state index contributed by atoms with van der Waals surface area (Å²) < 4.78 is 34.0. The van der Waals surface area contributed by atoms with Gasteiger partial charge < -0.3 is 48.8 Å². The number of ether oxygens (including phenoxy) is 6. The number of esters is 2. The summed E-state index contributed by atoms with van der Waals surface area (Å²) >= 11 is 1.53. The first kappa shape index (κ1) is 51.4. The average Bonchev–Trinajstić information content (AvgIpc) is 3.66. The lowest BCUT2D eigenvalue weighted by molar-refractivity contribution is -0.387. The van der Waals surface area contributed by atoms with E-state index in [1.807, 2.05) is 45.0 Å². The number of benzene rings is 2. The summed E-state index contributed by atoms with van der Waals surface area (Å²) in [6.07, 6.45) is -7.58. The van der Waals surface area contributed by atoms with Crippen LogP contribution in [-0.2, 0) is 44.7 Å². The number of carbonyl (C=O) groups is 4. The summed E-state index contributed by atoms with van der Waals surface area (Å²) in [7, 11) is 0. The highest BCUT2D eigenvalue weighted by Gasteiger charge is 2.50. The highest BCUT2D eigenvalue weighted by atomic mass is 32.1. The molecule has 4 N–H and O–H groups in total. The Bertz CT molecular complexity index is 2290. The molecule has 0 amide bonds. The molecule has 1 aromatic heterocycles. The molecule has 1 fully saturated rings. The van der Waals surface area contributed by atoms with E-state index in [2.05, 4.69) is 18.1 Å². The third kappa shape index (κ3) is 12.6. The molecule has 0 bridgehead atoms. The van der Waals surface area contributed by atoms with Crippen molar-refractivity contribution in [2.75, 3.05) is 6.61 Å². The van der Waals surface area contributed by atoms with E-state index in [9.17, 15) is 49.7 Å². The van der Waals surface area contributed by atoms with Crippen molar-refractivity contribution in [1.29, 1.82) is 0 Å². The van der Waals surface area contributed by atoms with E-state index in [0.717, 1.165) is 45.8 Å². The van der Waals surface area contributed by atoms with Gasteiger partial charge in [0.2, 0.25) is 6.29 Å². The molecule has 0 aliphatic carbocycles. The van der Waals surface area contributed by atoms with Gasteiger partial charge in [-0.05, 0) is 88.6 Å². The second kappa shape index (κ2) is 22.8. The molecule has 358 valence electrons. The molecule has 2 aromatic carbocycles. The number of aliphatic hydroxyl groups is 4. The first-order valence-corrected chi connectivity index (χ1v) is 22.4. The van der Waals surface area contributed by atoms with E-state index >= 15 is 0 Å². The number of nitrogens with zero attached hydrogens (tertiary/aromatic N) is 2. The maximum Gasteiger partial charge on any atom is 0.508 e. The van der Waals surface area contributed by atoms with Crippen LogP contribution in [0.15, 0.2) is 73.4 Å². The maximum absolute atomic E-state index is 14.5. The van der Waals surface area contributed by atoms with Crippen LogP contribution in [0.25, 0.3) is 10.2 Å². The number of aliphatic hydroxyl groups excluding tert-OH is 4. The summed E-state index contributed by atoms with van der Waals surface area (Å²) in [5, 5.41) is 55.9. The Hall–Kier alpha value is -5.57. The standard InChI is InChI=1S/C47H58N2O16S/c1-8-11-30-38(51)26(4)13-10-12-25(3)14-17-33(29-16-19-35-31(22-29)48-27(5)66-35)62-37(50)23-36(47(6,7)43(30)55)64-46(57)61-24-28-15-18-34(32(21-28)49(58)59)63-45-41(54)39(52)40(53)42(65-45)44(56)60-20-9-2/h8-9,14-16,18-19,21-22,26,30,33,36,38-42,45,51-54H,1-2,10-13,17,20,23-24H2,3-7H3/t26-,30+,33-,36-,38-,39-,40-,41+,42-,45+/m0/s1. The van der Waals surface area contributed by atoms with E-state index in [1.54, 1.807) is 0 Å². The van der Waals surface area contributed by atoms with Gasteiger partial charge in [0.15, 0.2) is 11.9 Å². The number of hydrogen-bond acceptors (Lipinski definition) is 18. The van der Waals surface area contributed by atoms with Gasteiger partial charge in [-0.15, -0.1) is 17.9 Å². The molecule has 18 nitrogen and oxygen atoms in total. The molecule has 0 saturated carbocycles. The number of Topliss-reactive ketones (excluding diaryl/α,β-unsaturated/α-hetero) is 1. The van der Waals surface area contributed by atoms with Crippen molar-refractivity contribution >= 4 is 51.1 Å². The lowest BCUT2D eigenvalue weighted by Gasteiger charge is -2.38. The number of ketones is 1. The summed E-state index contributed by atoms with van der Waals surface area (Å²) in [5.74, 6) is -4.15. The Balaban J connectivity index is 1.39. The van der Waals surface area contributed by atoms with Crippen LogP contribution < -0.4 is 4.74 Å². The third-order valence-electron chi connectivity index (χ3n) is 11.8. The fraction of sp³-hybridized carbons (Fsp3) is 0.511. The summed E-state index contributed by atoms with van der Waals surface area (Å²) in [6.45, 7) is 15.1. The fourth-order valence-electron chi connectivity index (χ4n) is 7.89. The van der Waals surface area contributed by atoms with Gasteiger partial charge >= 0.3 is 23.8 Å². The molecule has 10 atom stereocenters. The minimum Gasteiger partial charge on any atom is -0.459 e. The van der Waals surface area contributed by atoms with Crippen molar-refractivity contribution in [2.45, 2.75) is 129 Å². The van der Waals surface area contributed by atoms with E-state index < -0.39 is 114 Å². The second-order valence-electron chi connectivity index (χ2n) is 17.1. The van der Waals surface area contributed by atoms with Gasteiger partial charge in [0.05, 0.1) is 38.1 Å². The quantitative estimate of drug-likeness (QED) is 0.0501. The predicted molar refractivity (Wildman–Crippen MR) is 239 cm³/mol. The first-order valence-electron chi connectivity index (χ1n) is 21.6. The van der Waals surface area contributed by atoms with Crippen molar-refractivity contribution in [3.8, 4) is 5.75 Å². The van der Waals surface area contributed by atoms with Crippen LogP contribution >= 0.6 is 11.3 Å². The van der Waals surface area contributed by atoms with Gasteiger partial charge in [-0.2, -0.15) is 0 Å². The van der Waals surface area contributed by atoms with Crippen LogP contribution in [0.1, 0.15) is 88.5 Å². The molecule has 3 aromatic rings. The average molecular weight is 939 g/mol. The minimum atomic E-state index is -1.97. The van der Waals surface area contributed by atoms with Crippen molar-refractivity contribution in [2.24, 2.45) is 17.3 Å². The Morgan fingerprint density at radius 1 is 1.02 bits per heavy atom. The molecule has 0 radical (unpaired) electrons. The van der Waals surface area contributed by atoms with Crippen LogP contribution in [0.2, 0.25) is 0 Å². The molecule has 2 aliphatic rings. The molecule has 5 rings (SSSR count). The Kier molecular flexibility index (Phi) is 17.7. The maximum atomic E-state index is 14.5. The van der Waals surface area contributed by atoms with Crippen LogP contribution in [0.4, 0.5) is 10.5 Å². The van der Waals surface area contributed by atoms with Crippen LogP contribution in [-0.4, -0.2) is 104 Å². The first-order chi connectivity index (χ1) is 31.2.